The first kappa shape index (κ1) is 13.4. The molecule has 0 aromatic carbocycles. The van der Waals surface area contributed by atoms with Crippen LogP contribution < -0.4 is 4.90 Å². The maximum absolute atomic E-state index is 11.0. The molecule has 19 heavy (non-hydrogen) atoms. The van der Waals surface area contributed by atoms with Gasteiger partial charge in [-0.3, -0.25) is 10.1 Å². The zero-order valence-electron chi connectivity index (χ0n) is 10.1. The molecule has 0 fully saturated rings. The highest BCUT2D eigenvalue weighted by molar-refractivity contribution is 9.10. The fourth-order valence-corrected chi connectivity index (χ4v) is 1.88. The van der Waals surface area contributed by atoms with E-state index < -0.39 is 4.92 Å². The van der Waals surface area contributed by atoms with E-state index in [0.29, 0.717) is 23.4 Å². The molecule has 100 valence electrons. The smallest absolute Gasteiger partial charge is 0.312 e. The number of hydrogen-bond donors (Lipinski definition) is 0. The third-order valence-corrected chi connectivity index (χ3v) is 2.97. The van der Waals surface area contributed by atoms with E-state index in [1.165, 1.54) is 12.3 Å². The Labute approximate surface area is 117 Å². The Bertz CT molecular complexity index is 573. The van der Waals surface area contributed by atoms with Crippen LogP contribution in [0.5, 0.6) is 0 Å². The van der Waals surface area contributed by atoms with Crippen LogP contribution in [0.3, 0.4) is 0 Å². The van der Waals surface area contributed by atoms with Crippen LogP contribution in [0.15, 0.2) is 29.4 Å². The molecule has 2 heterocycles. The van der Waals surface area contributed by atoms with Gasteiger partial charge in [0.2, 0.25) is 5.82 Å². The van der Waals surface area contributed by atoms with Gasteiger partial charge >= 0.3 is 5.69 Å². The van der Waals surface area contributed by atoms with Crippen LogP contribution in [0.2, 0.25) is 0 Å². The summed E-state index contributed by atoms with van der Waals surface area (Å²) < 4.78 is 2.37. The van der Waals surface area contributed by atoms with E-state index >= 15 is 0 Å². The van der Waals surface area contributed by atoms with E-state index in [9.17, 15) is 10.1 Å². The van der Waals surface area contributed by atoms with Gasteiger partial charge in [0.05, 0.1) is 4.92 Å². The molecule has 2 rings (SSSR count). The minimum atomic E-state index is -0.442. The van der Waals surface area contributed by atoms with Crippen molar-refractivity contribution in [1.82, 2.24) is 19.7 Å². The monoisotopic (exact) mass is 326 g/mol. The van der Waals surface area contributed by atoms with Gasteiger partial charge < -0.3 is 9.47 Å². The van der Waals surface area contributed by atoms with E-state index in [4.69, 9.17) is 0 Å². The van der Waals surface area contributed by atoms with Crippen molar-refractivity contribution in [3.05, 3.63) is 39.5 Å². The minimum absolute atomic E-state index is 0.0272. The van der Waals surface area contributed by atoms with Gasteiger partial charge in [-0.25, -0.2) is 4.98 Å². The summed E-state index contributed by atoms with van der Waals surface area (Å²) in [7, 11) is 1.76. The number of nitro groups is 1. The molecule has 0 saturated carbocycles. The number of nitrogens with zero attached hydrogens (tertiary/aromatic N) is 6. The molecule has 0 aliphatic rings. The Balaban J connectivity index is 2.14. The molecule has 0 unspecified atom stereocenters. The van der Waals surface area contributed by atoms with E-state index in [0.717, 1.165) is 0 Å². The van der Waals surface area contributed by atoms with Crippen molar-refractivity contribution in [2.45, 2.75) is 6.54 Å². The molecular formula is C10H11BrN6O2. The number of anilines is 1. The summed E-state index contributed by atoms with van der Waals surface area (Å²) in [4.78, 5) is 16.4. The minimum Gasteiger partial charge on any atom is -0.352 e. The van der Waals surface area contributed by atoms with Gasteiger partial charge in [-0.05, 0) is 15.9 Å². The lowest BCUT2D eigenvalue weighted by molar-refractivity contribution is -0.384. The first-order chi connectivity index (χ1) is 9.08. The number of pyridine rings is 1. The second-order valence-electron chi connectivity index (χ2n) is 3.87. The van der Waals surface area contributed by atoms with Crippen LogP contribution in [0.25, 0.3) is 0 Å². The van der Waals surface area contributed by atoms with Crippen LogP contribution in [0.4, 0.5) is 11.5 Å². The second kappa shape index (κ2) is 5.74. The summed E-state index contributed by atoms with van der Waals surface area (Å²) in [6, 6.07) is 1.44. The van der Waals surface area contributed by atoms with E-state index in [2.05, 4.69) is 31.1 Å². The molecule has 0 aliphatic heterocycles. The van der Waals surface area contributed by atoms with Gasteiger partial charge in [-0.2, -0.15) is 0 Å². The summed E-state index contributed by atoms with van der Waals surface area (Å²) in [6.07, 6.45) is 4.73. The van der Waals surface area contributed by atoms with Crippen molar-refractivity contribution >= 4 is 27.4 Å². The SMILES string of the molecule is CN(CCn1cnnc1)c1ncc(Br)cc1[N+](=O)[O-]. The lowest BCUT2D eigenvalue weighted by Gasteiger charge is -2.17. The van der Waals surface area contributed by atoms with E-state index in [-0.39, 0.29) is 5.69 Å². The highest BCUT2D eigenvalue weighted by Crippen LogP contribution is 2.27. The van der Waals surface area contributed by atoms with Gasteiger partial charge in [0.15, 0.2) is 0 Å². The van der Waals surface area contributed by atoms with Gasteiger partial charge in [0, 0.05) is 36.9 Å². The van der Waals surface area contributed by atoms with E-state index in [1.807, 2.05) is 0 Å². The Kier molecular flexibility index (Phi) is 4.05. The normalized spacial score (nSPS) is 10.4. The van der Waals surface area contributed by atoms with Crippen LogP contribution >= 0.6 is 15.9 Å². The lowest BCUT2D eigenvalue weighted by atomic mass is 10.3. The van der Waals surface area contributed by atoms with Gasteiger partial charge in [0.1, 0.15) is 12.7 Å². The molecule has 0 N–H and O–H groups in total. The third-order valence-electron chi connectivity index (χ3n) is 2.53. The maximum atomic E-state index is 11.0. The van der Waals surface area contributed by atoms with Crippen molar-refractivity contribution in [2.75, 3.05) is 18.5 Å². The molecule has 9 heteroatoms. The molecule has 2 aromatic heterocycles. The largest absolute Gasteiger partial charge is 0.352 e. The highest BCUT2D eigenvalue weighted by Gasteiger charge is 2.19. The van der Waals surface area contributed by atoms with Crippen LogP contribution in [0, 0.1) is 10.1 Å². The summed E-state index contributed by atoms with van der Waals surface area (Å²) >= 11 is 3.18. The zero-order chi connectivity index (χ0) is 13.8. The van der Waals surface area contributed by atoms with Gasteiger partial charge in [-0.1, -0.05) is 0 Å². The number of likely N-dealkylation sites (N-methyl/N-ethyl adjacent to an activating group) is 1. The molecule has 0 saturated heterocycles. The average molecular weight is 327 g/mol. The van der Waals surface area contributed by atoms with Crippen molar-refractivity contribution in [2.24, 2.45) is 0 Å². The Morgan fingerprint density at radius 2 is 2.16 bits per heavy atom. The van der Waals surface area contributed by atoms with Crippen LogP contribution in [-0.4, -0.2) is 38.3 Å². The molecule has 0 amide bonds. The first-order valence-corrected chi connectivity index (χ1v) is 6.20. The summed E-state index contributed by atoms with van der Waals surface area (Å²) in [5, 5.41) is 18.4. The molecule has 0 radical (unpaired) electrons. The topological polar surface area (TPSA) is 90.0 Å². The number of aromatic nitrogens is 4. The number of hydrogen-bond acceptors (Lipinski definition) is 6. The average Bonchev–Trinajstić information content (AvgIpc) is 2.88. The zero-order valence-corrected chi connectivity index (χ0v) is 11.7. The Morgan fingerprint density at radius 3 is 2.79 bits per heavy atom. The van der Waals surface area contributed by atoms with Gasteiger partial charge in [-0.15, -0.1) is 10.2 Å². The quantitative estimate of drug-likeness (QED) is 0.610. The summed E-state index contributed by atoms with van der Waals surface area (Å²) in [5.74, 6) is 0.335. The van der Waals surface area contributed by atoms with Crippen molar-refractivity contribution in [1.29, 1.82) is 0 Å². The fraction of sp³-hybridized carbons (Fsp3) is 0.300. The fourth-order valence-electron chi connectivity index (χ4n) is 1.56. The molecule has 8 nitrogen and oxygen atoms in total. The predicted molar refractivity (Wildman–Crippen MR) is 71.9 cm³/mol. The van der Waals surface area contributed by atoms with Crippen molar-refractivity contribution in [3.8, 4) is 0 Å². The first-order valence-electron chi connectivity index (χ1n) is 5.41. The molecule has 2 aromatic rings. The molecule has 0 bridgehead atoms. The second-order valence-corrected chi connectivity index (χ2v) is 4.79. The van der Waals surface area contributed by atoms with Crippen LogP contribution in [-0.2, 0) is 6.54 Å². The molecule has 0 aliphatic carbocycles. The van der Waals surface area contributed by atoms with Crippen LogP contribution in [0.1, 0.15) is 0 Å². The highest BCUT2D eigenvalue weighted by atomic mass is 79.9. The number of halogens is 1. The Hall–Kier alpha value is -2.03. The molecule has 0 atom stereocenters. The Morgan fingerprint density at radius 1 is 1.47 bits per heavy atom. The van der Waals surface area contributed by atoms with Crippen molar-refractivity contribution < 1.29 is 4.92 Å². The third kappa shape index (κ3) is 3.25. The summed E-state index contributed by atoms with van der Waals surface area (Å²) in [5.41, 5.74) is -0.0272. The number of rotatable bonds is 5. The van der Waals surface area contributed by atoms with Crippen molar-refractivity contribution in [3.63, 3.8) is 0 Å². The molecule has 0 spiro atoms. The van der Waals surface area contributed by atoms with E-state index in [1.54, 1.807) is 29.2 Å². The lowest BCUT2D eigenvalue weighted by Crippen LogP contribution is -2.24. The van der Waals surface area contributed by atoms with Gasteiger partial charge in [0.25, 0.3) is 0 Å². The predicted octanol–water partition coefficient (Wildman–Crippen LogP) is 1.48. The summed E-state index contributed by atoms with van der Waals surface area (Å²) in [6.45, 7) is 1.19. The maximum Gasteiger partial charge on any atom is 0.312 e. The molecular weight excluding hydrogens is 316 g/mol. The standard InChI is InChI=1S/C10H11BrN6O2/c1-15(2-3-16-6-13-14-7-16)10-9(17(18)19)4-8(11)5-12-10/h4-7H,2-3H2,1H3.